The first kappa shape index (κ1) is 40.6. The molecule has 0 heterocycles. The van der Waals surface area contributed by atoms with Gasteiger partial charge in [0, 0.05) is 5.57 Å². The van der Waals surface area contributed by atoms with Gasteiger partial charge in [0.05, 0.1) is 6.61 Å². The van der Waals surface area contributed by atoms with E-state index in [2.05, 4.69) is 34.3 Å². The predicted octanol–water partition coefficient (Wildman–Crippen LogP) is 12.0. The third-order valence-electron chi connectivity index (χ3n) is 6.56. The highest BCUT2D eigenvalue weighted by atomic mass is 79.9. The molecule has 0 N–H and O–H groups in total. The Labute approximate surface area is 240 Å². The summed E-state index contributed by atoms with van der Waals surface area (Å²) >= 11 is 0. The number of unbranched alkanes of at least 4 members (excludes halogenated alkanes) is 16. The van der Waals surface area contributed by atoms with Crippen LogP contribution in [0.15, 0.2) is 12.2 Å². The van der Waals surface area contributed by atoms with Crippen molar-refractivity contribution in [1.29, 1.82) is 0 Å². The molecule has 36 heavy (non-hydrogen) atoms. The molecule has 0 amide bonds. The van der Waals surface area contributed by atoms with E-state index < -0.39 is 0 Å². The average Bonchev–Trinajstić information content (AvgIpc) is 2.86. The Bertz CT molecular complexity index is 423. The van der Waals surface area contributed by atoms with Gasteiger partial charge in [-0.25, -0.2) is 4.79 Å². The van der Waals surface area contributed by atoms with Crippen molar-refractivity contribution >= 4 is 30.9 Å². The molecule has 0 unspecified atom stereocenters. The Hall–Kier alpha value is 0.120. The highest BCUT2D eigenvalue weighted by Gasteiger charge is 2.05. The molecule has 0 aliphatic rings. The van der Waals surface area contributed by atoms with Crippen LogP contribution in [-0.4, -0.2) is 31.1 Å². The van der Waals surface area contributed by atoms with Gasteiger partial charge in [0.1, 0.15) is 0 Å². The summed E-state index contributed by atoms with van der Waals surface area (Å²) in [5.41, 5.74) is 0.491. The van der Waals surface area contributed by atoms with E-state index in [1.54, 1.807) is 25.4 Å². The maximum Gasteiger partial charge on any atom is 0.333 e. The summed E-state index contributed by atoms with van der Waals surface area (Å²) < 4.78 is 5.07. The van der Waals surface area contributed by atoms with Crippen LogP contribution in [-0.2, 0) is 9.53 Å². The van der Waals surface area contributed by atoms with Crippen molar-refractivity contribution in [2.24, 2.45) is 0 Å². The molecule has 0 bridgehead atoms. The third-order valence-corrected chi connectivity index (χ3v) is 9.41. The zero-order valence-electron chi connectivity index (χ0n) is 25.3. The molecule has 0 aromatic carbocycles. The van der Waals surface area contributed by atoms with E-state index in [0.717, 1.165) is 6.42 Å². The van der Waals surface area contributed by atoms with Crippen molar-refractivity contribution in [3.05, 3.63) is 12.2 Å². The van der Waals surface area contributed by atoms with Crippen LogP contribution in [0.2, 0.25) is 0 Å². The smallest absolute Gasteiger partial charge is 0.333 e. The van der Waals surface area contributed by atoms with Crippen LogP contribution in [0, 0.1) is 0 Å². The first-order valence-electron chi connectivity index (χ1n) is 15.6. The van der Waals surface area contributed by atoms with Crippen LogP contribution in [0.25, 0.3) is 0 Å². The molecule has 0 aromatic heterocycles. The first-order valence-corrected chi connectivity index (χ1v) is 17.5. The fourth-order valence-electron chi connectivity index (χ4n) is 4.07. The van der Waals surface area contributed by atoms with Crippen molar-refractivity contribution < 1.29 is 9.53 Å². The van der Waals surface area contributed by atoms with Crippen LogP contribution in [0.5, 0.6) is 0 Å². The van der Waals surface area contributed by atoms with Gasteiger partial charge in [-0.15, -0.1) is 24.9 Å². The number of esters is 1. The monoisotopic (exact) mass is 592 g/mol. The van der Waals surface area contributed by atoms with Crippen LogP contribution in [0.3, 0.4) is 0 Å². The molecule has 2 nitrogen and oxygen atoms in total. The Morgan fingerprint density at radius 3 is 1.17 bits per heavy atom. The number of carbonyl (C=O) groups is 1. The fourth-order valence-corrected chi connectivity index (χ4v) is 7.03. The molecule has 0 rings (SSSR count). The minimum Gasteiger partial charge on any atom is -0.462 e. The summed E-state index contributed by atoms with van der Waals surface area (Å²) in [5.74, 6) is -0.255. The Morgan fingerprint density at radius 1 is 0.556 bits per heavy atom. The van der Waals surface area contributed by atoms with Gasteiger partial charge in [-0.05, 0) is 51.1 Å². The summed E-state index contributed by atoms with van der Waals surface area (Å²) in [6.07, 6.45) is 32.0. The van der Waals surface area contributed by atoms with Gasteiger partial charge < -0.3 is 4.74 Å². The quantitative estimate of drug-likeness (QED) is 0.0455. The summed E-state index contributed by atoms with van der Waals surface area (Å²) in [5, 5.41) is 0. The van der Waals surface area contributed by atoms with E-state index in [1.165, 1.54) is 122 Å². The Morgan fingerprint density at radius 2 is 0.861 bits per heavy atom. The van der Waals surface area contributed by atoms with Crippen LogP contribution < -0.4 is 0 Å². The molecule has 0 aliphatic heterocycles. The molecule has 0 radical (unpaired) electrons. The second-order valence-corrected chi connectivity index (χ2v) is 13.1. The number of ether oxygens (including phenoxy) is 1. The van der Waals surface area contributed by atoms with Crippen molar-refractivity contribution in [2.45, 2.75) is 163 Å². The largest absolute Gasteiger partial charge is 0.462 e. The van der Waals surface area contributed by atoms with E-state index in [1.807, 2.05) is 0 Å². The minimum atomic E-state index is -0.255. The molecule has 0 fully saturated rings. The first-order chi connectivity index (χ1) is 17.0. The SMILES string of the molecule is Br.C=C(C)C(=O)OCCCCCCCCCCCCCCCC.CCCCP(CCCC)CCCC. The Balaban J connectivity index is -0.000000667. The summed E-state index contributed by atoms with van der Waals surface area (Å²) in [6.45, 7) is 15.0. The number of halogens is 1. The second kappa shape index (κ2) is 35.1. The lowest BCUT2D eigenvalue weighted by Crippen LogP contribution is -2.05. The van der Waals surface area contributed by atoms with Gasteiger partial charge in [0.15, 0.2) is 0 Å². The van der Waals surface area contributed by atoms with E-state index >= 15 is 0 Å². The van der Waals surface area contributed by atoms with Gasteiger partial charge in [-0.2, -0.15) is 0 Å². The standard InChI is InChI=1S/C20H38O2.C12H27P.BrH/c1-4-5-6-7-8-9-10-11-12-13-14-15-16-17-18-22-20(21)19(2)3;1-4-7-10-13(11-8-5-2)12-9-6-3;/h2,4-18H2,1,3H3;4-12H2,1-3H3;1H. The molecular weight excluding hydrogens is 527 g/mol. The molecule has 0 saturated heterocycles. The van der Waals surface area contributed by atoms with Crippen molar-refractivity contribution in [3.63, 3.8) is 0 Å². The molecule has 218 valence electrons. The van der Waals surface area contributed by atoms with Crippen molar-refractivity contribution in [3.8, 4) is 0 Å². The van der Waals surface area contributed by atoms with Crippen LogP contribution in [0.4, 0.5) is 0 Å². The third kappa shape index (κ3) is 34.1. The highest BCUT2D eigenvalue weighted by molar-refractivity contribution is 8.93. The maximum absolute atomic E-state index is 11.2. The number of carbonyl (C=O) groups excluding carboxylic acids is 1. The van der Waals surface area contributed by atoms with Crippen molar-refractivity contribution in [1.82, 2.24) is 0 Å². The maximum atomic E-state index is 11.2. The van der Waals surface area contributed by atoms with E-state index in [0.29, 0.717) is 20.1 Å². The zero-order valence-corrected chi connectivity index (χ0v) is 28.0. The van der Waals surface area contributed by atoms with Gasteiger partial charge in [-0.1, -0.05) is 137 Å². The molecule has 4 heteroatoms. The minimum absolute atomic E-state index is 0. The summed E-state index contributed by atoms with van der Waals surface area (Å²) in [6, 6.07) is 0. The summed E-state index contributed by atoms with van der Waals surface area (Å²) in [4.78, 5) is 11.2. The average molecular weight is 594 g/mol. The lowest BCUT2D eigenvalue weighted by molar-refractivity contribution is -0.139. The van der Waals surface area contributed by atoms with E-state index in [-0.39, 0.29) is 23.0 Å². The number of hydrogen-bond donors (Lipinski definition) is 0. The van der Waals surface area contributed by atoms with E-state index in [4.69, 9.17) is 4.74 Å². The normalized spacial score (nSPS) is 10.5. The van der Waals surface area contributed by atoms with Crippen molar-refractivity contribution in [2.75, 3.05) is 25.1 Å². The summed E-state index contributed by atoms with van der Waals surface area (Å²) in [7, 11) is 0.422. The van der Waals surface area contributed by atoms with Gasteiger partial charge >= 0.3 is 5.97 Å². The van der Waals surface area contributed by atoms with Gasteiger partial charge in [0.25, 0.3) is 0 Å². The topological polar surface area (TPSA) is 26.3 Å². The molecule has 0 aromatic rings. The van der Waals surface area contributed by atoms with Crippen LogP contribution >= 0.6 is 24.9 Å². The number of hydrogen-bond acceptors (Lipinski definition) is 2. The van der Waals surface area contributed by atoms with Gasteiger partial charge in [0.2, 0.25) is 0 Å². The van der Waals surface area contributed by atoms with Gasteiger partial charge in [-0.3, -0.25) is 0 Å². The zero-order chi connectivity index (χ0) is 26.4. The highest BCUT2D eigenvalue weighted by Crippen LogP contribution is 2.38. The number of rotatable bonds is 25. The fraction of sp³-hybridized carbons (Fsp3) is 0.906. The van der Waals surface area contributed by atoms with E-state index in [9.17, 15) is 4.79 Å². The molecular formula is C32H66BrO2P. The second-order valence-electron chi connectivity index (χ2n) is 10.4. The Kier molecular flexibility index (Phi) is 39.6. The molecule has 0 atom stereocenters. The predicted molar refractivity (Wildman–Crippen MR) is 173 cm³/mol. The lowest BCUT2D eigenvalue weighted by Gasteiger charge is -2.16. The molecule has 0 saturated carbocycles. The lowest BCUT2D eigenvalue weighted by atomic mass is 10.0. The molecule has 0 spiro atoms. The molecule has 0 aliphatic carbocycles. The van der Waals surface area contributed by atoms with Crippen LogP contribution in [0.1, 0.15) is 163 Å².